The lowest BCUT2D eigenvalue weighted by atomic mass is 9.89. The van der Waals surface area contributed by atoms with E-state index in [-0.39, 0.29) is 5.91 Å². The molecule has 0 radical (unpaired) electrons. The first kappa shape index (κ1) is 14.6. The van der Waals surface area contributed by atoms with Crippen LogP contribution in [0.3, 0.4) is 0 Å². The molecule has 112 valence electrons. The van der Waals surface area contributed by atoms with Crippen molar-refractivity contribution in [2.24, 2.45) is 0 Å². The third-order valence-electron chi connectivity index (χ3n) is 4.30. The molecular weight excluding hydrogens is 270 g/mol. The molecular formula is C20H21NO. The van der Waals surface area contributed by atoms with Crippen molar-refractivity contribution in [3.8, 4) is 0 Å². The van der Waals surface area contributed by atoms with E-state index in [0.717, 1.165) is 31.5 Å². The lowest BCUT2D eigenvalue weighted by Crippen LogP contribution is -2.36. The number of carbonyl (C=O) groups is 1. The molecule has 2 heteroatoms. The zero-order valence-electron chi connectivity index (χ0n) is 12.7. The van der Waals surface area contributed by atoms with E-state index in [1.807, 2.05) is 41.3 Å². The number of benzene rings is 2. The average molecular weight is 291 g/mol. The van der Waals surface area contributed by atoms with Gasteiger partial charge < -0.3 is 4.90 Å². The Hall–Kier alpha value is -2.35. The van der Waals surface area contributed by atoms with E-state index in [2.05, 4.69) is 30.3 Å². The summed E-state index contributed by atoms with van der Waals surface area (Å²) in [5.41, 5.74) is 2.46. The zero-order valence-corrected chi connectivity index (χ0v) is 12.7. The van der Waals surface area contributed by atoms with Crippen LogP contribution in [0.2, 0.25) is 0 Å². The van der Waals surface area contributed by atoms with E-state index in [4.69, 9.17) is 0 Å². The Balaban J connectivity index is 1.55. The predicted octanol–water partition coefficient (Wildman–Crippen LogP) is 4.11. The number of likely N-dealkylation sites (tertiary alicyclic amines) is 1. The number of hydrogen-bond acceptors (Lipinski definition) is 1. The molecule has 0 spiro atoms. The number of hydrogen-bond donors (Lipinski definition) is 0. The maximum Gasteiger partial charge on any atom is 0.246 e. The van der Waals surface area contributed by atoms with Crippen LogP contribution in [0.15, 0.2) is 66.7 Å². The van der Waals surface area contributed by atoms with Crippen molar-refractivity contribution in [2.45, 2.75) is 18.8 Å². The third kappa shape index (κ3) is 3.64. The maximum atomic E-state index is 12.3. The van der Waals surface area contributed by atoms with Gasteiger partial charge in [0.15, 0.2) is 0 Å². The van der Waals surface area contributed by atoms with Crippen LogP contribution in [-0.4, -0.2) is 23.9 Å². The lowest BCUT2D eigenvalue weighted by Gasteiger charge is -2.31. The largest absolute Gasteiger partial charge is 0.339 e. The summed E-state index contributed by atoms with van der Waals surface area (Å²) in [5.74, 6) is 0.707. The van der Waals surface area contributed by atoms with E-state index in [9.17, 15) is 4.79 Å². The lowest BCUT2D eigenvalue weighted by molar-refractivity contribution is -0.126. The van der Waals surface area contributed by atoms with Gasteiger partial charge in [0, 0.05) is 19.2 Å². The van der Waals surface area contributed by atoms with Gasteiger partial charge in [-0.15, -0.1) is 0 Å². The van der Waals surface area contributed by atoms with Crippen molar-refractivity contribution >= 4 is 12.0 Å². The normalized spacial score (nSPS) is 16.1. The molecule has 3 rings (SSSR count). The van der Waals surface area contributed by atoms with Crippen LogP contribution in [0.25, 0.3) is 6.08 Å². The highest BCUT2D eigenvalue weighted by Gasteiger charge is 2.22. The van der Waals surface area contributed by atoms with Gasteiger partial charge in [-0.1, -0.05) is 60.7 Å². The van der Waals surface area contributed by atoms with E-state index >= 15 is 0 Å². The smallest absolute Gasteiger partial charge is 0.246 e. The van der Waals surface area contributed by atoms with Gasteiger partial charge in [-0.05, 0) is 36.0 Å². The van der Waals surface area contributed by atoms with E-state index in [1.54, 1.807) is 6.08 Å². The second-order valence-electron chi connectivity index (χ2n) is 5.75. The Labute approximate surface area is 132 Å². The Bertz CT molecular complexity index is 625. The molecule has 1 aliphatic heterocycles. The van der Waals surface area contributed by atoms with Gasteiger partial charge in [0.1, 0.15) is 0 Å². The highest BCUT2D eigenvalue weighted by atomic mass is 16.2. The number of rotatable bonds is 3. The average Bonchev–Trinajstić information content (AvgIpc) is 2.61. The van der Waals surface area contributed by atoms with Gasteiger partial charge in [0.2, 0.25) is 5.91 Å². The topological polar surface area (TPSA) is 20.3 Å². The SMILES string of the molecule is O=C(/C=C/c1ccccc1)N1CCC(c2ccccc2)CC1. The second kappa shape index (κ2) is 7.08. The Morgan fingerprint density at radius 3 is 2.14 bits per heavy atom. The highest BCUT2D eigenvalue weighted by Crippen LogP contribution is 2.27. The van der Waals surface area contributed by atoms with Gasteiger partial charge >= 0.3 is 0 Å². The fourth-order valence-electron chi connectivity index (χ4n) is 3.00. The summed E-state index contributed by atoms with van der Waals surface area (Å²) in [7, 11) is 0. The van der Waals surface area contributed by atoms with Crippen molar-refractivity contribution in [3.05, 3.63) is 77.9 Å². The first-order valence-electron chi connectivity index (χ1n) is 7.90. The van der Waals surface area contributed by atoms with E-state index in [0.29, 0.717) is 5.92 Å². The molecule has 1 amide bonds. The summed E-state index contributed by atoms with van der Waals surface area (Å²) < 4.78 is 0. The van der Waals surface area contributed by atoms with E-state index < -0.39 is 0 Å². The minimum atomic E-state index is 0.121. The molecule has 2 aromatic rings. The summed E-state index contributed by atoms with van der Waals surface area (Å²) in [6.45, 7) is 1.69. The molecule has 0 N–H and O–H groups in total. The molecule has 0 aliphatic carbocycles. The third-order valence-corrected chi connectivity index (χ3v) is 4.30. The number of piperidine rings is 1. The Morgan fingerprint density at radius 2 is 1.50 bits per heavy atom. The minimum absolute atomic E-state index is 0.121. The van der Waals surface area contributed by atoms with Crippen molar-refractivity contribution in [1.82, 2.24) is 4.90 Å². The molecule has 22 heavy (non-hydrogen) atoms. The second-order valence-corrected chi connectivity index (χ2v) is 5.75. The molecule has 1 aliphatic rings. The number of carbonyl (C=O) groups excluding carboxylic acids is 1. The van der Waals surface area contributed by atoms with Crippen LogP contribution in [-0.2, 0) is 4.79 Å². The minimum Gasteiger partial charge on any atom is -0.339 e. The molecule has 0 unspecified atom stereocenters. The van der Waals surface area contributed by atoms with Crippen molar-refractivity contribution in [1.29, 1.82) is 0 Å². The first-order chi connectivity index (χ1) is 10.8. The Kier molecular flexibility index (Phi) is 4.69. The molecule has 0 atom stereocenters. The van der Waals surface area contributed by atoms with Gasteiger partial charge in [-0.3, -0.25) is 4.79 Å². The molecule has 2 nitrogen and oxygen atoms in total. The van der Waals surface area contributed by atoms with Gasteiger partial charge in [-0.2, -0.15) is 0 Å². The number of amides is 1. The fourth-order valence-corrected chi connectivity index (χ4v) is 3.00. The first-order valence-corrected chi connectivity index (χ1v) is 7.90. The summed E-state index contributed by atoms with van der Waals surface area (Å²) in [4.78, 5) is 14.2. The Morgan fingerprint density at radius 1 is 0.909 bits per heavy atom. The van der Waals surface area contributed by atoms with Gasteiger partial charge in [-0.25, -0.2) is 0 Å². The molecule has 0 bridgehead atoms. The van der Waals surface area contributed by atoms with Crippen molar-refractivity contribution in [2.75, 3.05) is 13.1 Å². The molecule has 0 aromatic heterocycles. The van der Waals surface area contributed by atoms with Crippen LogP contribution >= 0.6 is 0 Å². The quantitative estimate of drug-likeness (QED) is 0.779. The van der Waals surface area contributed by atoms with Crippen LogP contribution in [0.1, 0.15) is 29.9 Å². The summed E-state index contributed by atoms with van der Waals surface area (Å²) in [6, 6.07) is 20.6. The molecule has 0 saturated carbocycles. The molecule has 1 saturated heterocycles. The van der Waals surface area contributed by atoms with Gasteiger partial charge in [0.25, 0.3) is 0 Å². The van der Waals surface area contributed by atoms with Gasteiger partial charge in [0.05, 0.1) is 0 Å². The molecule has 2 aromatic carbocycles. The van der Waals surface area contributed by atoms with Crippen LogP contribution in [0.5, 0.6) is 0 Å². The van der Waals surface area contributed by atoms with Crippen molar-refractivity contribution < 1.29 is 4.79 Å². The summed E-state index contributed by atoms with van der Waals surface area (Å²) >= 11 is 0. The standard InChI is InChI=1S/C20H21NO/c22-20(12-11-17-7-3-1-4-8-17)21-15-13-19(14-16-21)18-9-5-2-6-10-18/h1-12,19H,13-16H2/b12-11+. The van der Waals surface area contributed by atoms with E-state index in [1.165, 1.54) is 5.56 Å². The zero-order chi connectivity index (χ0) is 15.2. The van der Waals surface area contributed by atoms with Crippen LogP contribution < -0.4 is 0 Å². The summed E-state index contributed by atoms with van der Waals surface area (Å²) in [5, 5.41) is 0. The molecule has 1 heterocycles. The summed E-state index contributed by atoms with van der Waals surface area (Å²) in [6.07, 6.45) is 5.69. The number of nitrogens with zero attached hydrogens (tertiary/aromatic N) is 1. The monoisotopic (exact) mass is 291 g/mol. The fraction of sp³-hybridized carbons (Fsp3) is 0.250. The van der Waals surface area contributed by atoms with Crippen LogP contribution in [0.4, 0.5) is 0 Å². The maximum absolute atomic E-state index is 12.3. The van der Waals surface area contributed by atoms with Crippen LogP contribution in [0, 0.1) is 0 Å². The molecule has 1 fully saturated rings. The predicted molar refractivity (Wildman–Crippen MR) is 90.5 cm³/mol. The van der Waals surface area contributed by atoms with Crippen molar-refractivity contribution in [3.63, 3.8) is 0 Å². The highest BCUT2D eigenvalue weighted by molar-refractivity contribution is 5.91.